The number of fused-ring (bicyclic) bond motifs is 1. The minimum atomic E-state index is -0.121. The van der Waals surface area contributed by atoms with E-state index >= 15 is 0 Å². The molecule has 0 aliphatic carbocycles. The zero-order valence-corrected chi connectivity index (χ0v) is 16.8. The molecule has 4 aromatic rings. The van der Waals surface area contributed by atoms with E-state index in [9.17, 15) is 9.59 Å². The molecule has 0 bridgehead atoms. The predicted octanol–water partition coefficient (Wildman–Crippen LogP) is 4.43. The van der Waals surface area contributed by atoms with E-state index in [-0.39, 0.29) is 11.7 Å². The maximum Gasteiger partial charge on any atom is 0.260 e. The number of amides is 1. The van der Waals surface area contributed by atoms with Crippen LogP contribution in [0.15, 0.2) is 67.3 Å². The van der Waals surface area contributed by atoms with Crippen molar-refractivity contribution >= 4 is 38.4 Å². The van der Waals surface area contributed by atoms with Gasteiger partial charge in [-0.25, -0.2) is 9.97 Å². The molecule has 0 N–H and O–H groups in total. The number of hydrogen-bond donors (Lipinski definition) is 0. The smallest absolute Gasteiger partial charge is 0.260 e. The second-order valence-corrected chi connectivity index (χ2v) is 7.72. The van der Waals surface area contributed by atoms with Gasteiger partial charge in [0, 0.05) is 36.6 Å². The minimum absolute atomic E-state index is 0.0210. The van der Waals surface area contributed by atoms with E-state index in [0.29, 0.717) is 22.8 Å². The zero-order chi connectivity index (χ0) is 20.2. The Hall–Kier alpha value is -3.32. The molecule has 29 heavy (non-hydrogen) atoms. The lowest BCUT2D eigenvalue weighted by atomic mass is 10.1. The number of aromatic nitrogens is 3. The van der Waals surface area contributed by atoms with Crippen LogP contribution in [-0.2, 0) is 6.54 Å². The summed E-state index contributed by atoms with van der Waals surface area (Å²) in [5, 5.41) is 0.678. The fourth-order valence-electron chi connectivity index (χ4n) is 3.09. The summed E-state index contributed by atoms with van der Waals surface area (Å²) >= 11 is 1.51. The van der Waals surface area contributed by atoms with Gasteiger partial charge in [-0.2, -0.15) is 0 Å². The molecule has 0 saturated carbocycles. The predicted molar refractivity (Wildman–Crippen MR) is 115 cm³/mol. The number of ketones is 1. The minimum Gasteiger partial charge on any atom is -0.337 e. The lowest BCUT2D eigenvalue weighted by molar-refractivity contribution is 0.0982. The van der Waals surface area contributed by atoms with Gasteiger partial charge in [0.15, 0.2) is 10.9 Å². The Balaban J connectivity index is 1.60. The van der Waals surface area contributed by atoms with E-state index in [1.165, 1.54) is 18.3 Å². The summed E-state index contributed by atoms with van der Waals surface area (Å²) in [6.45, 7) is 2.81. The Labute approximate surface area is 172 Å². The van der Waals surface area contributed by atoms with Crippen molar-refractivity contribution in [1.29, 1.82) is 0 Å². The monoisotopic (exact) mass is 404 g/mol. The van der Waals surface area contributed by atoms with Crippen molar-refractivity contribution in [3.63, 3.8) is 0 Å². The average Bonchev–Trinajstić information content (AvgIpc) is 3.40. The van der Waals surface area contributed by atoms with Crippen LogP contribution in [-0.4, -0.2) is 32.8 Å². The molecule has 0 spiro atoms. The van der Waals surface area contributed by atoms with Crippen molar-refractivity contribution < 1.29 is 9.59 Å². The number of anilines is 1. The summed E-state index contributed by atoms with van der Waals surface area (Å²) in [7, 11) is 0. The lowest BCUT2D eigenvalue weighted by Gasteiger charge is -2.20. The van der Waals surface area contributed by atoms with Crippen LogP contribution >= 0.6 is 11.3 Å². The number of carbonyl (C=O) groups is 2. The van der Waals surface area contributed by atoms with Gasteiger partial charge in [-0.1, -0.05) is 35.6 Å². The van der Waals surface area contributed by atoms with Gasteiger partial charge >= 0.3 is 0 Å². The van der Waals surface area contributed by atoms with E-state index in [4.69, 9.17) is 0 Å². The molecular formula is C22H20N4O2S. The molecule has 0 aliphatic rings. The Kier molecular flexibility index (Phi) is 5.48. The highest BCUT2D eigenvalue weighted by Gasteiger charge is 2.21. The highest BCUT2D eigenvalue weighted by Crippen LogP contribution is 2.29. The number of hydrogen-bond acceptors (Lipinski definition) is 5. The molecule has 0 atom stereocenters. The van der Waals surface area contributed by atoms with Crippen molar-refractivity contribution in [2.75, 3.05) is 11.4 Å². The number of thiazole rings is 1. The second-order valence-electron chi connectivity index (χ2n) is 6.71. The van der Waals surface area contributed by atoms with Gasteiger partial charge in [-0.15, -0.1) is 0 Å². The first-order valence-corrected chi connectivity index (χ1v) is 10.2. The number of carbonyl (C=O) groups excluding carboxylic acids is 2. The van der Waals surface area contributed by atoms with E-state index in [1.54, 1.807) is 41.7 Å². The number of Topliss-reactive ketones (excluding diaryl/α,β-unsaturated/α-hetero) is 1. The Morgan fingerprint density at radius 3 is 2.52 bits per heavy atom. The highest BCUT2D eigenvalue weighted by molar-refractivity contribution is 7.22. The molecule has 0 aliphatic heterocycles. The summed E-state index contributed by atoms with van der Waals surface area (Å²) in [5.41, 5.74) is 2.01. The first-order valence-electron chi connectivity index (χ1n) is 9.36. The van der Waals surface area contributed by atoms with Crippen LogP contribution in [0.5, 0.6) is 0 Å². The maximum atomic E-state index is 13.3. The Morgan fingerprint density at radius 2 is 1.83 bits per heavy atom. The Bertz CT molecular complexity index is 1100. The van der Waals surface area contributed by atoms with Gasteiger partial charge in [-0.05, 0) is 37.6 Å². The third-order valence-corrected chi connectivity index (χ3v) is 5.71. The molecule has 2 heterocycles. The molecule has 0 unspecified atom stereocenters. The van der Waals surface area contributed by atoms with Gasteiger partial charge in [0.2, 0.25) is 0 Å². The van der Waals surface area contributed by atoms with Crippen LogP contribution in [0.25, 0.3) is 10.2 Å². The van der Waals surface area contributed by atoms with E-state index in [2.05, 4.69) is 9.97 Å². The summed E-state index contributed by atoms with van der Waals surface area (Å²) in [4.78, 5) is 35.3. The average molecular weight is 404 g/mol. The first-order chi connectivity index (χ1) is 14.1. The fraction of sp³-hybridized carbons (Fsp3) is 0.182. The molecular weight excluding hydrogens is 384 g/mol. The molecule has 1 amide bonds. The van der Waals surface area contributed by atoms with Crippen molar-refractivity contribution in [3.05, 3.63) is 78.4 Å². The first kappa shape index (κ1) is 19.0. The standard InChI is InChI=1S/C22H20N4O2S/c1-16(27)17-7-9-18(10-8-17)21(28)26(13-4-12-25-14-11-23-15-25)22-24-19-5-2-3-6-20(19)29-22/h2-3,5-11,14-15H,4,12-13H2,1H3. The van der Waals surface area contributed by atoms with Crippen LogP contribution < -0.4 is 4.90 Å². The largest absolute Gasteiger partial charge is 0.337 e. The van der Waals surface area contributed by atoms with E-state index < -0.39 is 0 Å². The van der Waals surface area contributed by atoms with E-state index in [1.807, 2.05) is 35.0 Å². The molecule has 2 aromatic carbocycles. The van der Waals surface area contributed by atoms with Crippen LogP contribution in [0.3, 0.4) is 0 Å². The number of para-hydroxylation sites is 1. The number of rotatable bonds is 7. The van der Waals surface area contributed by atoms with Gasteiger partial charge in [0.1, 0.15) is 0 Å². The highest BCUT2D eigenvalue weighted by atomic mass is 32.1. The second kappa shape index (κ2) is 8.36. The normalized spacial score (nSPS) is 10.9. The fourth-order valence-corrected chi connectivity index (χ4v) is 4.08. The molecule has 7 heteroatoms. The third-order valence-electron chi connectivity index (χ3n) is 4.65. The van der Waals surface area contributed by atoms with E-state index in [0.717, 1.165) is 23.2 Å². The zero-order valence-electron chi connectivity index (χ0n) is 16.0. The molecule has 2 aromatic heterocycles. The summed E-state index contributed by atoms with van der Waals surface area (Å²) in [5.74, 6) is -0.142. The molecule has 4 rings (SSSR count). The summed E-state index contributed by atoms with van der Waals surface area (Å²) in [6.07, 6.45) is 6.19. The molecule has 0 saturated heterocycles. The van der Waals surface area contributed by atoms with Gasteiger partial charge in [0.25, 0.3) is 5.91 Å². The van der Waals surface area contributed by atoms with Gasteiger partial charge in [-0.3, -0.25) is 14.5 Å². The van der Waals surface area contributed by atoms with Crippen molar-refractivity contribution in [2.45, 2.75) is 19.9 Å². The molecule has 0 radical (unpaired) electrons. The van der Waals surface area contributed by atoms with Crippen LogP contribution in [0, 0.1) is 0 Å². The summed E-state index contributed by atoms with van der Waals surface area (Å²) < 4.78 is 3.03. The Morgan fingerprint density at radius 1 is 1.07 bits per heavy atom. The van der Waals surface area contributed by atoms with Crippen molar-refractivity contribution in [2.24, 2.45) is 0 Å². The lowest BCUT2D eigenvalue weighted by Crippen LogP contribution is -2.32. The topological polar surface area (TPSA) is 68.1 Å². The van der Waals surface area contributed by atoms with Gasteiger partial charge < -0.3 is 4.57 Å². The van der Waals surface area contributed by atoms with Crippen LogP contribution in [0.2, 0.25) is 0 Å². The quantitative estimate of drug-likeness (QED) is 0.427. The van der Waals surface area contributed by atoms with Crippen molar-refractivity contribution in [3.8, 4) is 0 Å². The number of benzene rings is 2. The molecule has 0 fully saturated rings. The van der Waals surface area contributed by atoms with Crippen LogP contribution in [0.1, 0.15) is 34.1 Å². The number of nitrogens with zero attached hydrogens (tertiary/aromatic N) is 4. The summed E-state index contributed by atoms with van der Waals surface area (Å²) in [6, 6.07) is 14.7. The maximum absolute atomic E-state index is 13.3. The van der Waals surface area contributed by atoms with Crippen molar-refractivity contribution in [1.82, 2.24) is 14.5 Å². The van der Waals surface area contributed by atoms with Crippen LogP contribution in [0.4, 0.5) is 5.13 Å². The SMILES string of the molecule is CC(=O)c1ccc(C(=O)N(CCCn2ccnc2)c2nc3ccccc3s2)cc1. The molecule has 146 valence electrons. The third kappa shape index (κ3) is 4.25. The van der Waals surface area contributed by atoms with Gasteiger partial charge in [0.05, 0.1) is 16.5 Å². The molecule has 6 nitrogen and oxygen atoms in total. The number of aryl methyl sites for hydroxylation is 1. The number of imidazole rings is 1.